The predicted octanol–water partition coefficient (Wildman–Crippen LogP) is 1.31. The van der Waals surface area contributed by atoms with Gasteiger partial charge in [0.25, 0.3) is 0 Å². The van der Waals surface area contributed by atoms with E-state index >= 15 is 0 Å². The second kappa shape index (κ2) is 5.77. The van der Waals surface area contributed by atoms with Crippen LogP contribution in [0.25, 0.3) is 5.69 Å². The number of aromatic nitrogens is 2. The van der Waals surface area contributed by atoms with Crippen molar-refractivity contribution >= 4 is 5.96 Å². The normalized spacial score (nSPS) is 14.4. The van der Waals surface area contributed by atoms with Crippen molar-refractivity contribution in [1.29, 1.82) is 0 Å². The molecule has 1 aromatic heterocycles. The summed E-state index contributed by atoms with van der Waals surface area (Å²) in [5, 5.41) is 7.77. The molecule has 1 N–H and O–H groups in total. The third-order valence-electron chi connectivity index (χ3n) is 3.41. The molecule has 0 saturated carbocycles. The second-order valence-corrected chi connectivity index (χ2v) is 4.93. The fourth-order valence-electron chi connectivity index (χ4n) is 2.25. The highest BCUT2D eigenvalue weighted by atomic mass is 15.3. The van der Waals surface area contributed by atoms with Crippen LogP contribution in [-0.4, -0.2) is 47.3 Å². The average molecular weight is 269 g/mol. The van der Waals surface area contributed by atoms with Gasteiger partial charge in [-0.25, -0.2) is 4.68 Å². The molecule has 0 saturated heterocycles. The largest absolute Gasteiger partial charge is 0.356 e. The predicted molar refractivity (Wildman–Crippen MR) is 80.2 cm³/mol. The number of hydrogen-bond donors (Lipinski definition) is 1. The van der Waals surface area contributed by atoms with Crippen LogP contribution in [0.4, 0.5) is 0 Å². The molecule has 0 bridgehead atoms. The molecule has 20 heavy (non-hydrogen) atoms. The minimum absolute atomic E-state index is 0.879. The standard InChI is InChI=1S/C15H19N5/c1-19-10-9-17-15(19)16-8-7-13-11-18-20(12-13)14-5-3-2-4-6-14/h2-6,11-12H,7-10H2,1H3,(H,16,17). The summed E-state index contributed by atoms with van der Waals surface area (Å²) in [7, 11) is 2.06. The zero-order chi connectivity index (χ0) is 13.8. The van der Waals surface area contributed by atoms with Gasteiger partial charge >= 0.3 is 0 Å². The van der Waals surface area contributed by atoms with Gasteiger partial charge in [0.1, 0.15) is 0 Å². The zero-order valence-corrected chi connectivity index (χ0v) is 11.7. The van der Waals surface area contributed by atoms with E-state index in [0.717, 1.165) is 37.7 Å². The quantitative estimate of drug-likeness (QED) is 0.910. The van der Waals surface area contributed by atoms with Crippen LogP contribution in [0.15, 0.2) is 47.7 Å². The van der Waals surface area contributed by atoms with Gasteiger partial charge in [0.2, 0.25) is 0 Å². The Morgan fingerprint density at radius 1 is 1.25 bits per heavy atom. The molecule has 0 aliphatic carbocycles. The number of nitrogens with zero attached hydrogens (tertiary/aromatic N) is 4. The molecule has 0 atom stereocenters. The van der Waals surface area contributed by atoms with Gasteiger partial charge in [-0.1, -0.05) is 18.2 Å². The van der Waals surface area contributed by atoms with Crippen molar-refractivity contribution in [2.45, 2.75) is 6.42 Å². The summed E-state index contributed by atoms with van der Waals surface area (Å²) in [5.41, 5.74) is 2.31. The van der Waals surface area contributed by atoms with Crippen molar-refractivity contribution < 1.29 is 0 Å². The molecule has 1 aliphatic heterocycles. The Morgan fingerprint density at radius 3 is 2.85 bits per heavy atom. The Bertz CT molecular complexity index is 587. The van der Waals surface area contributed by atoms with Gasteiger partial charge in [0.15, 0.2) is 5.96 Å². The Hall–Kier alpha value is -2.30. The van der Waals surface area contributed by atoms with E-state index in [1.165, 1.54) is 5.56 Å². The molecule has 2 heterocycles. The highest BCUT2D eigenvalue weighted by Gasteiger charge is 2.11. The first kappa shape index (κ1) is 12.7. The van der Waals surface area contributed by atoms with Crippen LogP contribution in [0.3, 0.4) is 0 Å². The van der Waals surface area contributed by atoms with Crippen molar-refractivity contribution in [2.75, 3.05) is 26.7 Å². The number of benzene rings is 1. The molecule has 0 fully saturated rings. The highest BCUT2D eigenvalue weighted by molar-refractivity contribution is 5.81. The number of guanidine groups is 1. The van der Waals surface area contributed by atoms with Crippen molar-refractivity contribution in [3.05, 3.63) is 48.3 Å². The highest BCUT2D eigenvalue weighted by Crippen LogP contribution is 2.07. The topological polar surface area (TPSA) is 45.4 Å². The fourth-order valence-corrected chi connectivity index (χ4v) is 2.25. The molecular formula is C15H19N5. The number of para-hydroxylation sites is 1. The average Bonchev–Trinajstić information content (AvgIpc) is 3.10. The van der Waals surface area contributed by atoms with Crippen LogP contribution in [0.2, 0.25) is 0 Å². The monoisotopic (exact) mass is 269 g/mol. The van der Waals surface area contributed by atoms with E-state index in [-0.39, 0.29) is 0 Å². The maximum absolute atomic E-state index is 4.41. The molecule has 2 aromatic rings. The van der Waals surface area contributed by atoms with E-state index in [2.05, 4.69) is 45.7 Å². The van der Waals surface area contributed by atoms with E-state index in [0.29, 0.717) is 0 Å². The van der Waals surface area contributed by atoms with Crippen molar-refractivity contribution in [2.24, 2.45) is 4.99 Å². The number of nitrogens with one attached hydrogen (secondary N) is 1. The van der Waals surface area contributed by atoms with Gasteiger partial charge in [-0.15, -0.1) is 0 Å². The van der Waals surface area contributed by atoms with Crippen molar-refractivity contribution in [1.82, 2.24) is 20.0 Å². The Morgan fingerprint density at radius 2 is 2.10 bits per heavy atom. The van der Waals surface area contributed by atoms with Crippen LogP contribution in [0.1, 0.15) is 5.56 Å². The maximum atomic E-state index is 4.41. The van der Waals surface area contributed by atoms with Crippen molar-refractivity contribution in [3.63, 3.8) is 0 Å². The molecule has 0 spiro atoms. The summed E-state index contributed by atoms with van der Waals surface area (Å²) in [5.74, 6) is 1.00. The molecule has 1 aliphatic rings. The first-order valence-corrected chi connectivity index (χ1v) is 6.91. The molecule has 5 nitrogen and oxygen atoms in total. The maximum Gasteiger partial charge on any atom is 0.193 e. The third kappa shape index (κ3) is 2.82. The molecule has 3 rings (SSSR count). The molecule has 0 radical (unpaired) electrons. The summed E-state index contributed by atoms with van der Waals surface area (Å²) < 4.78 is 1.91. The zero-order valence-electron chi connectivity index (χ0n) is 11.7. The summed E-state index contributed by atoms with van der Waals surface area (Å²) in [6.45, 7) is 2.78. The lowest BCUT2D eigenvalue weighted by Crippen LogP contribution is -2.36. The van der Waals surface area contributed by atoms with Crippen LogP contribution >= 0.6 is 0 Å². The van der Waals surface area contributed by atoms with E-state index in [9.17, 15) is 0 Å². The smallest absolute Gasteiger partial charge is 0.193 e. The van der Waals surface area contributed by atoms with Gasteiger partial charge in [0.05, 0.1) is 18.4 Å². The third-order valence-corrected chi connectivity index (χ3v) is 3.41. The van der Waals surface area contributed by atoms with Gasteiger partial charge in [-0.3, -0.25) is 4.99 Å². The lowest BCUT2D eigenvalue weighted by Gasteiger charge is -2.14. The second-order valence-electron chi connectivity index (χ2n) is 4.93. The van der Waals surface area contributed by atoms with Gasteiger partial charge in [-0.2, -0.15) is 5.10 Å². The Kier molecular flexibility index (Phi) is 3.67. The lowest BCUT2D eigenvalue weighted by atomic mass is 10.2. The summed E-state index contributed by atoms with van der Waals surface area (Å²) in [4.78, 5) is 6.56. The molecule has 0 unspecified atom stereocenters. The van der Waals surface area contributed by atoms with Gasteiger partial charge in [0, 0.05) is 26.3 Å². The van der Waals surface area contributed by atoms with Gasteiger partial charge in [-0.05, 0) is 24.1 Å². The summed E-state index contributed by atoms with van der Waals surface area (Å²) >= 11 is 0. The SMILES string of the molecule is CN1CCN=C1NCCc1cnn(-c2ccccc2)c1. The number of aliphatic imine (C=N–C) groups is 1. The molecule has 5 heteroatoms. The Labute approximate surface area is 118 Å². The minimum Gasteiger partial charge on any atom is -0.356 e. The number of likely N-dealkylation sites (N-methyl/N-ethyl adjacent to an activating group) is 1. The van der Waals surface area contributed by atoms with E-state index in [1.54, 1.807) is 0 Å². The number of rotatable bonds is 4. The minimum atomic E-state index is 0.879. The van der Waals surface area contributed by atoms with E-state index in [1.807, 2.05) is 29.1 Å². The van der Waals surface area contributed by atoms with E-state index in [4.69, 9.17) is 0 Å². The summed E-state index contributed by atoms with van der Waals surface area (Å²) in [6, 6.07) is 10.2. The van der Waals surface area contributed by atoms with E-state index < -0.39 is 0 Å². The van der Waals surface area contributed by atoms with Crippen LogP contribution in [-0.2, 0) is 6.42 Å². The van der Waals surface area contributed by atoms with Crippen LogP contribution in [0.5, 0.6) is 0 Å². The van der Waals surface area contributed by atoms with Crippen molar-refractivity contribution in [3.8, 4) is 5.69 Å². The van der Waals surface area contributed by atoms with Crippen LogP contribution in [0, 0.1) is 0 Å². The lowest BCUT2D eigenvalue weighted by molar-refractivity contribution is 0.534. The first-order chi connectivity index (χ1) is 9.83. The fraction of sp³-hybridized carbons (Fsp3) is 0.333. The van der Waals surface area contributed by atoms with Gasteiger partial charge < -0.3 is 10.2 Å². The molecule has 104 valence electrons. The van der Waals surface area contributed by atoms with Crippen LogP contribution < -0.4 is 5.32 Å². The number of hydrogen-bond acceptors (Lipinski definition) is 4. The molecule has 0 amide bonds. The molecule has 1 aromatic carbocycles. The summed E-state index contributed by atoms with van der Waals surface area (Å²) in [6.07, 6.45) is 4.95. The first-order valence-electron chi connectivity index (χ1n) is 6.91. The molecular weight excluding hydrogens is 250 g/mol. The Balaban J connectivity index is 1.55.